The summed E-state index contributed by atoms with van der Waals surface area (Å²) in [5.41, 5.74) is 9.36. The fourth-order valence-corrected chi connectivity index (χ4v) is 7.78. The highest BCUT2D eigenvalue weighted by molar-refractivity contribution is 6.20. The van der Waals surface area contributed by atoms with Crippen molar-refractivity contribution in [1.29, 1.82) is 0 Å². The zero-order valence-corrected chi connectivity index (χ0v) is 27.4. The van der Waals surface area contributed by atoms with Gasteiger partial charge in [-0.1, -0.05) is 133 Å². The van der Waals surface area contributed by atoms with Gasteiger partial charge in [0.1, 0.15) is 0 Å². The lowest BCUT2D eigenvalue weighted by Gasteiger charge is -2.26. The van der Waals surface area contributed by atoms with Crippen LogP contribution >= 0.6 is 0 Å². The first-order valence-electron chi connectivity index (χ1n) is 17.2. The molecule has 234 valence electrons. The highest BCUT2D eigenvalue weighted by atomic mass is 15.1. The molecule has 10 rings (SSSR count). The molecule has 0 aliphatic carbocycles. The molecule has 0 atom stereocenters. The van der Waals surface area contributed by atoms with Crippen LogP contribution in [0.5, 0.6) is 0 Å². The van der Waals surface area contributed by atoms with E-state index in [-0.39, 0.29) is 0 Å². The van der Waals surface area contributed by atoms with Crippen LogP contribution in [0.2, 0.25) is 0 Å². The summed E-state index contributed by atoms with van der Waals surface area (Å²) in [5.74, 6) is 0. The molecule has 0 radical (unpaired) electrons. The zero-order chi connectivity index (χ0) is 33.0. The molecule has 0 unspecified atom stereocenters. The summed E-state index contributed by atoms with van der Waals surface area (Å²) in [6, 6.07) is 70.4. The molecular formula is C48H32N2. The standard InChI is InChI=1S/C48H32N2/c1-2-11-38(12-3-1)49(41-31-26-36-19-21-37-20-18-35-10-4-5-13-42(35)48(37)45(36)32-41)39-27-22-33(23-28-39)34-24-29-40(30-25-34)50-46-16-8-6-14-43(46)44-15-7-9-17-47(44)50/h1-32H. The maximum absolute atomic E-state index is 2.37. The summed E-state index contributed by atoms with van der Waals surface area (Å²) >= 11 is 0. The molecule has 0 aliphatic heterocycles. The monoisotopic (exact) mass is 636 g/mol. The van der Waals surface area contributed by atoms with Crippen molar-refractivity contribution in [2.75, 3.05) is 4.90 Å². The Bertz CT molecular complexity index is 2790. The van der Waals surface area contributed by atoms with E-state index in [2.05, 4.69) is 204 Å². The molecule has 50 heavy (non-hydrogen) atoms. The van der Waals surface area contributed by atoms with Gasteiger partial charge in [0.05, 0.1) is 11.0 Å². The van der Waals surface area contributed by atoms with Gasteiger partial charge in [0.25, 0.3) is 0 Å². The van der Waals surface area contributed by atoms with Gasteiger partial charge in [-0.2, -0.15) is 0 Å². The van der Waals surface area contributed by atoms with Gasteiger partial charge in [0.15, 0.2) is 0 Å². The molecule has 1 heterocycles. The highest BCUT2D eigenvalue weighted by Crippen LogP contribution is 2.40. The minimum atomic E-state index is 1.12. The first-order valence-corrected chi connectivity index (χ1v) is 17.2. The molecule has 2 heteroatoms. The van der Waals surface area contributed by atoms with E-state index in [9.17, 15) is 0 Å². The van der Waals surface area contributed by atoms with E-state index in [0.29, 0.717) is 0 Å². The van der Waals surface area contributed by atoms with Crippen molar-refractivity contribution >= 4 is 71.2 Å². The maximum Gasteiger partial charge on any atom is 0.0541 e. The van der Waals surface area contributed by atoms with Gasteiger partial charge in [-0.15, -0.1) is 0 Å². The SMILES string of the molecule is c1ccc(N(c2ccc(-c3ccc(-n4c5ccccc5c5ccccc54)cc3)cc2)c2ccc3ccc4ccc5ccccc5c4c3c2)cc1. The number of benzene rings is 9. The third-order valence-electron chi connectivity index (χ3n) is 10.1. The fourth-order valence-electron chi connectivity index (χ4n) is 7.78. The average Bonchev–Trinajstić information content (AvgIpc) is 3.53. The minimum Gasteiger partial charge on any atom is -0.310 e. The van der Waals surface area contributed by atoms with E-state index < -0.39 is 0 Å². The number of aromatic nitrogens is 1. The molecule has 1 aromatic heterocycles. The highest BCUT2D eigenvalue weighted by Gasteiger charge is 2.16. The topological polar surface area (TPSA) is 8.17 Å². The molecule has 0 aliphatic rings. The first kappa shape index (κ1) is 28.4. The lowest BCUT2D eigenvalue weighted by atomic mass is 9.96. The third kappa shape index (κ3) is 4.57. The van der Waals surface area contributed by atoms with Crippen LogP contribution in [0.1, 0.15) is 0 Å². The van der Waals surface area contributed by atoms with Crippen molar-refractivity contribution < 1.29 is 0 Å². The van der Waals surface area contributed by atoms with Crippen LogP contribution in [0.15, 0.2) is 194 Å². The van der Waals surface area contributed by atoms with Crippen LogP contribution in [-0.2, 0) is 0 Å². The quantitative estimate of drug-likeness (QED) is 0.171. The Balaban J connectivity index is 1.05. The number of anilines is 3. The summed E-state index contributed by atoms with van der Waals surface area (Å²) < 4.78 is 2.37. The van der Waals surface area contributed by atoms with Gasteiger partial charge in [0, 0.05) is 33.5 Å². The van der Waals surface area contributed by atoms with Gasteiger partial charge in [-0.3, -0.25) is 0 Å². The summed E-state index contributed by atoms with van der Waals surface area (Å²) in [5, 5.41) is 10.2. The van der Waals surface area contributed by atoms with E-state index >= 15 is 0 Å². The Labute approximate surface area is 290 Å². The summed E-state index contributed by atoms with van der Waals surface area (Å²) in [7, 11) is 0. The normalized spacial score (nSPS) is 11.6. The van der Waals surface area contributed by atoms with Gasteiger partial charge in [-0.25, -0.2) is 0 Å². The lowest BCUT2D eigenvalue weighted by molar-refractivity contribution is 1.18. The minimum absolute atomic E-state index is 1.12. The number of hydrogen-bond acceptors (Lipinski definition) is 1. The Morgan fingerprint density at radius 2 is 0.800 bits per heavy atom. The second kappa shape index (κ2) is 11.5. The molecule has 0 fully saturated rings. The Morgan fingerprint density at radius 1 is 0.320 bits per heavy atom. The number of rotatable bonds is 5. The van der Waals surface area contributed by atoms with Gasteiger partial charge in [-0.05, 0) is 104 Å². The van der Waals surface area contributed by atoms with Crippen molar-refractivity contribution in [3.05, 3.63) is 194 Å². The largest absolute Gasteiger partial charge is 0.310 e. The van der Waals surface area contributed by atoms with Gasteiger partial charge >= 0.3 is 0 Å². The van der Waals surface area contributed by atoms with E-state index in [1.165, 1.54) is 65.3 Å². The van der Waals surface area contributed by atoms with Crippen molar-refractivity contribution in [3.8, 4) is 16.8 Å². The molecule has 0 bridgehead atoms. The van der Waals surface area contributed by atoms with Gasteiger partial charge in [0.2, 0.25) is 0 Å². The predicted octanol–water partition coefficient (Wildman–Crippen LogP) is 13.4. The molecule has 0 N–H and O–H groups in total. The molecular weight excluding hydrogens is 605 g/mol. The van der Waals surface area contributed by atoms with Crippen LogP contribution in [0.3, 0.4) is 0 Å². The van der Waals surface area contributed by atoms with E-state index in [0.717, 1.165) is 22.7 Å². The Hall–Kier alpha value is -6.64. The second-order valence-corrected chi connectivity index (χ2v) is 13.0. The van der Waals surface area contributed by atoms with Crippen LogP contribution in [-0.4, -0.2) is 4.57 Å². The summed E-state index contributed by atoms with van der Waals surface area (Å²) in [6.07, 6.45) is 0. The molecule has 0 saturated carbocycles. The molecule has 0 saturated heterocycles. The van der Waals surface area contributed by atoms with Crippen LogP contribution in [0.25, 0.3) is 70.9 Å². The van der Waals surface area contributed by atoms with E-state index in [4.69, 9.17) is 0 Å². The molecule has 2 nitrogen and oxygen atoms in total. The maximum atomic E-state index is 2.37. The van der Waals surface area contributed by atoms with Crippen molar-refractivity contribution in [1.82, 2.24) is 4.57 Å². The molecule has 9 aromatic carbocycles. The Kier molecular flexibility index (Phi) is 6.53. The zero-order valence-electron chi connectivity index (χ0n) is 27.4. The number of fused-ring (bicyclic) bond motifs is 8. The number of hydrogen-bond donors (Lipinski definition) is 0. The summed E-state index contributed by atoms with van der Waals surface area (Å²) in [4.78, 5) is 2.36. The van der Waals surface area contributed by atoms with Crippen molar-refractivity contribution in [3.63, 3.8) is 0 Å². The van der Waals surface area contributed by atoms with Crippen LogP contribution in [0.4, 0.5) is 17.1 Å². The third-order valence-corrected chi connectivity index (χ3v) is 10.1. The van der Waals surface area contributed by atoms with E-state index in [1.807, 2.05) is 0 Å². The first-order chi connectivity index (χ1) is 24.8. The molecule has 0 amide bonds. The molecule has 10 aromatic rings. The van der Waals surface area contributed by atoms with Gasteiger partial charge < -0.3 is 9.47 Å². The average molecular weight is 637 g/mol. The second-order valence-electron chi connectivity index (χ2n) is 13.0. The van der Waals surface area contributed by atoms with Crippen molar-refractivity contribution in [2.24, 2.45) is 0 Å². The van der Waals surface area contributed by atoms with Crippen LogP contribution in [0, 0.1) is 0 Å². The fraction of sp³-hybridized carbons (Fsp3) is 0. The Morgan fingerprint density at radius 3 is 1.48 bits per heavy atom. The predicted molar refractivity (Wildman–Crippen MR) is 213 cm³/mol. The number of nitrogens with zero attached hydrogens (tertiary/aromatic N) is 2. The summed E-state index contributed by atoms with van der Waals surface area (Å²) in [6.45, 7) is 0. The van der Waals surface area contributed by atoms with E-state index in [1.54, 1.807) is 0 Å². The lowest BCUT2D eigenvalue weighted by Crippen LogP contribution is -2.09. The smallest absolute Gasteiger partial charge is 0.0541 e. The van der Waals surface area contributed by atoms with Crippen LogP contribution < -0.4 is 4.90 Å². The van der Waals surface area contributed by atoms with Crippen molar-refractivity contribution in [2.45, 2.75) is 0 Å². The number of para-hydroxylation sites is 3. The molecule has 0 spiro atoms.